The lowest BCUT2D eigenvalue weighted by Crippen LogP contribution is -2.38. The summed E-state index contributed by atoms with van der Waals surface area (Å²) in [5.41, 5.74) is -5.34. The van der Waals surface area contributed by atoms with Crippen molar-refractivity contribution in [1.82, 2.24) is 0 Å². The van der Waals surface area contributed by atoms with Crippen LogP contribution in [0.15, 0.2) is 24.3 Å². The van der Waals surface area contributed by atoms with E-state index in [1.165, 1.54) is 27.7 Å². The van der Waals surface area contributed by atoms with Gasteiger partial charge in [0.05, 0.1) is 77.4 Å². The van der Waals surface area contributed by atoms with Crippen molar-refractivity contribution in [2.24, 2.45) is 51.8 Å². The third-order valence-corrected chi connectivity index (χ3v) is 10.7. The zero-order valence-corrected chi connectivity index (χ0v) is 39.0. The average molecular weight is 1050 g/mol. The molecule has 3 rings (SSSR count). The second-order valence-corrected chi connectivity index (χ2v) is 16.8. The summed E-state index contributed by atoms with van der Waals surface area (Å²) in [6.45, 7) is 10.7. The smallest absolute Gasteiger partial charge is 0.338 e. The van der Waals surface area contributed by atoms with E-state index < -0.39 is 179 Å². The monoisotopic (exact) mass is 1050 g/mol. The number of aliphatic carboxylic acids is 10. The van der Waals surface area contributed by atoms with Crippen molar-refractivity contribution in [2.45, 2.75) is 93.9 Å². The number of carboxylic acids is 10. The van der Waals surface area contributed by atoms with Gasteiger partial charge in [-0.15, -0.1) is 0 Å². The molecular formula is C43H58O30. The van der Waals surface area contributed by atoms with Crippen molar-refractivity contribution in [3.8, 4) is 0 Å². The summed E-state index contributed by atoms with van der Waals surface area (Å²) in [6, 6.07) is 0. The molecule has 30 nitrogen and oxygen atoms in total. The molecule has 30 heteroatoms. The third kappa shape index (κ3) is 23.8. The second kappa shape index (κ2) is 30.3. The van der Waals surface area contributed by atoms with E-state index in [4.69, 9.17) is 51.1 Å². The Labute approximate surface area is 412 Å². The number of rotatable bonds is 21. The number of ether oxygens (including phenoxy) is 3. The molecule has 0 amide bonds. The summed E-state index contributed by atoms with van der Waals surface area (Å²) in [4.78, 5) is 172. The van der Waals surface area contributed by atoms with Gasteiger partial charge in [-0.2, -0.15) is 0 Å². The van der Waals surface area contributed by atoms with Crippen LogP contribution < -0.4 is 0 Å². The summed E-state index contributed by atoms with van der Waals surface area (Å²) < 4.78 is 12.8. The standard InChI is InChI=1S/C11H16O8.2C11H14O7.C5H6O4.C4H2O3.CH4.H2O/c1-5(8(14)15)6(9(16)17)3-11(2,10(18)19)4-7(12)13;2*1-5-6(9(15)18-8(5)14)3-11(2,10(16)17)4-7(12)13;1-3(5(8)9)2-4(6)7;5-3-1-2-4(6)7-3;;/h5-6H,3-4H2,1-2H3,(H,12,13)(H,14,15)(H,16,17)(H,18,19);2*5-6H,3-4H2,1-2H3,(H,12,13)(H,16,17);1-2H2,(H,6,7)(H,8,9);1-2H;1H4;1H2. The molecule has 3 heterocycles. The first-order valence-corrected chi connectivity index (χ1v) is 20.1. The fourth-order valence-corrected chi connectivity index (χ4v) is 6.17. The van der Waals surface area contributed by atoms with E-state index in [1.54, 1.807) is 0 Å². The third-order valence-electron chi connectivity index (χ3n) is 10.7. The quantitative estimate of drug-likeness (QED) is 0.0323. The van der Waals surface area contributed by atoms with Crippen LogP contribution >= 0.6 is 0 Å². The molecule has 0 aromatic heterocycles. The Morgan fingerprint density at radius 1 is 0.534 bits per heavy atom. The number of hydrogen-bond acceptors (Lipinski definition) is 19. The van der Waals surface area contributed by atoms with Crippen molar-refractivity contribution in [2.75, 3.05) is 0 Å². The predicted molar refractivity (Wildman–Crippen MR) is 233 cm³/mol. The predicted octanol–water partition coefficient (Wildman–Crippen LogP) is 0.459. The van der Waals surface area contributed by atoms with Crippen LogP contribution in [-0.4, -0.2) is 152 Å². The maximum Gasteiger partial charge on any atom is 0.338 e. The molecule has 0 bridgehead atoms. The minimum atomic E-state index is -1.83. The van der Waals surface area contributed by atoms with Gasteiger partial charge in [0.2, 0.25) is 0 Å². The highest BCUT2D eigenvalue weighted by Gasteiger charge is 2.50. The van der Waals surface area contributed by atoms with Crippen molar-refractivity contribution in [3.63, 3.8) is 0 Å². The van der Waals surface area contributed by atoms with Crippen molar-refractivity contribution in [3.05, 3.63) is 24.3 Å². The zero-order chi connectivity index (χ0) is 56.3. The lowest BCUT2D eigenvalue weighted by molar-refractivity contribution is -0.161. The molecule has 0 spiro atoms. The van der Waals surface area contributed by atoms with Gasteiger partial charge < -0.3 is 70.8 Å². The summed E-state index contributed by atoms with van der Waals surface area (Å²) >= 11 is 0. The average Bonchev–Trinajstić information content (AvgIpc) is 3.79. The fourth-order valence-electron chi connectivity index (χ4n) is 6.17. The molecule has 73 heavy (non-hydrogen) atoms. The molecule has 2 saturated heterocycles. The first-order chi connectivity index (χ1) is 32.2. The molecule has 410 valence electrons. The summed E-state index contributed by atoms with van der Waals surface area (Å²) in [5, 5.41) is 87.1. The highest BCUT2D eigenvalue weighted by molar-refractivity contribution is 6.05. The summed E-state index contributed by atoms with van der Waals surface area (Å²) in [5.74, 6) is -23.6. The van der Waals surface area contributed by atoms with Crippen LogP contribution in [0.3, 0.4) is 0 Å². The van der Waals surface area contributed by atoms with Gasteiger partial charge in [0.25, 0.3) is 0 Å². The zero-order valence-electron chi connectivity index (χ0n) is 39.0. The van der Waals surface area contributed by atoms with Gasteiger partial charge >= 0.3 is 95.5 Å². The highest BCUT2D eigenvalue weighted by atomic mass is 16.6. The minimum Gasteiger partial charge on any atom is -0.481 e. The van der Waals surface area contributed by atoms with E-state index in [0.717, 1.165) is 26.0 Å². The molecule has 3 aliphatic heterocycles. The Hall–Kier alpha value is -8.44. The Kier molecular flexibility index (Phi) is 29.5. The maximum absolute atomic E-state index is 11.4. The lowest BCUT2D eigenvalue weighted by atomic mass is 9.74. The Morgan fingerprint density at radius 3 is 1.03 bits per heavy atom. The van der Waals surface area contributed by atoms with Crippen LogP contribution in [0.4, 0.5) is 0 Å². The summed E-state index contributed by atoms with van der Waals surface area (Å²) in [7, 11) is 0. The molecule has 2 fully saturated rings. The van der Waals surface area contributed by atoms with E-state index in [-0.39, 0.29) is 31.3 Å². The maximum atomic E-state index is 11.4. The van der Waals surface area contributed by atoms with Crippen molar-refractivity contribution >= 4 is 95.5 Å². The van der Waals surface area contributed by atoms with Crippen molar-refractivity contribution in [1.29, 1.82) is 0 Å². The number of carbonyl (C=O) groups is 16. The number of hydrogen-bond donors (Lipinski definition) is 10. The topological polar surface area (TPSA) is 535 Å². The molecule has 0 saturated carbocycles. The van der Waals surface area contributed by atoms with E-state index in [0.29, 0.717) is 0 Å². The fraction of sp³-hybridized carbons (Fsp3) is 0.535. The van der Waals surface area contributed by atoms with Crippen LogP contribution in [0.25, 0.3) is 0 Å². The molecule has 0 aromatic carbocycles. The van der Waals surface area contributed by atoms with Gasteiger partial charge in [0, 0.05) is 17.7 Å². The number of carboxylic acid groups (broad SMARTS) is 10. The molecule has 9 atom stereocenters. The van der Waals surface area contributed by atoms with Crippen LogP contribution in [0.1, 0.15) is 93.9 Å². The molecule has 0 aliphatic carbocycles. The van der Waals surface area contributed by atoms with Gasteiger partial charge in [-0.3, -0.25) is 62.3 Å². The van der Waals surface area contributed by atoms with Gasteiger partial charge in [-0.25, -0.2) is 14.4 Å². The largest absolute Gasteiger partial charge is 0.481 e. The van der Waals surface area contributed by atoms with Gasteiger partial charge in [0.15, 0.2) is 0 Å². The molecule has 0 aromatic rings. The molecular weight excluding hydrogens is 996 g/mol. The van der Waals surface area contributed by atoms with E-state index in [2.05, 4.69) is 20.8 Å². The van der Waals surface area contributed by atoms with Crippen molar-refractivity contribution < 1.29 is 147 Å². The van der Waals surface area contributed by atoms with Crippen LogP contribution in [0.2, 0.25) is 0 Å². The lowest BCUT2D eigenvalue weighted by Gasteiger charge is -2.27. The van der Waals surface area contributed by atoms with Crippen LogP contribution in [0.5, 0.6) is 0 Å². The molecule has 12 N–H and O–H groups in total. The number of carbonyl (C=O) groups excluding carboxylic acids is 6. The van der Waals surface area contributed by atoms with Gasteiger partial charge in [-0.05, 0) is 40.0 Å². The molecule has 9 unspecified atom stereocenters. The van der Waals surface area contributed by atoms with Crippen LogP contribution in [-0.2, 0) is 90.9 Å². The Balaban J connectivity index is -0.000000421. The SMILES string of the molecule is C.C=C(CC(=O)O)C(=O)O.CC(C(=O)O)C(CC(C)(CC(=O)O)C(=O)O)C(=O)O.CC1C(=O)OC(=O)C1CC(C)(CC(=O)O)C(=O)O.CC1C(=O)OC(=O)C1CC(C)(CC(=O)O)C(=O)O.O.O=C1C=CC(=O)O1. The summed E-state index contributed by atoms with van der Waals surface area (Å²) in [6.07, 6.45) is -1.39. The van der Waals surface area contributed by atoms with Gasteiger partial charge in [-0.1, -0.05) is 34.8 Å². The van der Waals surface area contributed by atoms with Crippen LogP contribution in [0, 0.1) is 51.8 Å². The highest BCUT2D eigenvalue weighted by Crippen LogP contribution is 2.39. The number of cyclic esters (lactones) is 6. The Morgan fingerprint density at radius 2 is 0.849 bits per heavy atom. The normalized spacial score (nSPS) is 20.2. The minimum absolute atomic E-state index is 0. The Bertz CT molecular complexity index is 2130. The van der Waals surface area contributed by atoms with Gasteiger partial charge in [0.1, 0.15) is 0 Å². The molecule has 0 radical (unpaired) electrons. The first kappa shape index (κ1) is 71.1. The van der Waals surface area contributed by atoms with E-state index >= 15 is 0 Å². The first-order valence-electron chi connectivity index (χ1n) is 20.1. The van der Waals surface area contributed by atoms with E-state index in [1.807, 2.05) is 0 Å². The number of esters is 6. The second-order valence-electron chi connectivity index (χ2n) is 16.8. The molecule has 3 aliphatic rings. The van der Waals surface area contributed by atoms with E-state index in [9.17, 15) is 76.7 Å².